The summed E-state index contributed by atoms with van der Waals surface area (Å²) >= 11 is 0. The molecule has 3 N–H and O–H groups in total. The molecule has 2 atom stereocenters. The molecule has 0 radical (unpaired) electrons. The topological polar surface area (TPSA) is 72.5 Å². The second-order valence-electron chi connectivity index (χ2n) is 7.55. The molecule has 1 aromatic heterocycles. The summed E-state index contributed by atoms with van der Waals surface area (Å²) in [4.78, 5) is 22.0. The van der Waals surface area contributed by atoms with Crippen LogP contribution in [0, 0.1) is 5.92 Å². The summed E-state index contributed by atoms with van der Waals surface area (Å²) < 4.78 is 0. The summed E-state index contributed by atoms with van der Waals surface area (Å²) in [6.07, 6.45) is 1.87. The Morgan fingerprint density at radius 1 is 1.14 bits per heavy atom. The Hall–Kier alpha value is -2.48. The van der Waals surface area contributed by atoms with E-state index in [1.807, 2.05) is 36.5 Å². The molecule has 0 aliphatic carbocycles. The predicted octanol–water partition coefficient (Wildman–Crippen LogP) is 0.915. The van der Waals surface area contributed by atoms with Gasteiger partial charge in [0.25, 0.3) is 0 Å². The van der Waals surface area contributed by atoms with Gasteiger partial charge in [0.1, 0.15) is 5.82 Å². The number of likely N-dealkylation sites (N-methyl/N-ethyl adjacent to an activating group) is 1. The lowest BCUT2D eigenvalue weighted by Crippen LogP contribution is -2.44. The molecular formula is C21H28N6O. The molecule has 28 heavy (non-hydrogen) atoms. The van der Waals surface area contributed by atoms with Crippen LogP contribution in [0.3, 0.4) is 0 Å². The minimum atomic E-state index is -0.139. The highest BCUT2D eigenvalue weighted by molar-refractivity contribution is 5.80. The van der Waals surface area contributed by atoms with Crippen molar-refractivity contribution in [2.45, 2.75) is 12.6 Å². The largest absolute Gasteiger partial charge is 0.354 e. The SMILES string of the molecule is CN1CCN(c2ccc(CNC(=O)C3CNNC3c3ccccc3)cn2)CC1. The zero-order valence-electron chi connectivity index (χ0n) is 16.3. The first kappa shape index (κ1) is 18.9. The van der Waals surface area contributed by atoms with Gasteiger partial charge in [-0.15, -0.1) is 0 Å². The van der Waals surface area contributed by atoms with E-state index in [1.54, 1.807) is 0 Å². The normalized spacial score (nSPS) is 23.0. The van der Waals surface area contributed by atoms with Crippen molar-refractivity contribution in [1.82, 2.24) is 26.1 Å². The second kappa shape index (κ2) is 8.68. The van der Waals surface area contributed by atoms with E-state index in [0.29, 0.717) is 13.1 Å². The Balaban J connectivity index is 1.32. The summed E-state index contributed by atoms with van der Waals surface area (Å²) in [5.74, 6) is 0.922. The van der Waals surface area contributed by atoms with Gasteiger partial charge in [-0.2, -0.15) is 0 Å². The third-order valence-corrected chi connectivity index (χ3v) is 5.58. The number of carbonyl (C=O) groups is 1. The van der Waals surface area contributed by atoms with E-state index >= 15 is 0 Å². The Labute approximate surface area is 166 Å². The van der Waals surface area contributed by atoms with Crippen molar-refractivity contribution in [3.05, 3.63) is 59.8 Å². The zero-order valence-corrected chi connectivity index (χ0v) is 16.3. The minimum absolute atomic E-state index is 0.0149. The van der Waals surface area contributed by atoms with Crippen molar-refractivity contribution in [3.8, 4) is 0 Å². The Morgan fingerprint density at radius 3 is 2.64 bits per heavy atom. The Bertz CT molecular complexity index is 773. The van der Waals surface area contributed by atoms with Crippen LogP contribution >= 0.6 is 0 Å². The fourth-order valence-corrected chi connectivity index (χ4v) is 3.78. The molecule has 4 rings (SSSR count). The average molecular weight is 380 g/mol. The van der Waals surface area contributed by atoms with Crippen LogP contribution in [0.2, 0.25) is 0 Å². The molecule has 0 saturated carbocycles. The molecule has 0 spiro atoms. The van der Waals surface area contributed by atoms with Crippen molar-refractivity contribution in [3.63, 3.8) is 0 Å². The number of nitrogens with one attached hydrogen (secondary N) is 3. The predicted molar refractivity (Wildman–Crippen MR) is 110 cm³/mol. The third-order valence-electron chi connectivity index (χ3n) is 5.58. The smallest absolute Gasteiger partial charge is 0.226 e. The van der Waals surface area contributed by atoms with E-state index in [2.05, 4.69) is 50.1 Å². The summed E-state index contributed by atoms with van der Waals surface area (Å²) in [5.41, 5.74) is 8.46. The van der Waals surface area contributed by atoms with Crippen LogP contribution in [0.4, 0.5) is 5.82 Å². The number of amides is 1. The van der Waals surface area contributed by atoms with Crippen molar-refractivity contribution < 1.29 is 4.79 Å². The van der Waals surface area contributed by atoms with Gasteiger partial charge in [-0.05, 0) is 24.2 Å². The molecule has 0 bridgehead atoms. The summed E-state index contributed by atoms with van der Waals surface area (Å²) in [6, 6.07) is 14.2. The van der Waals surface area contributed by atoms with Crippen molar-refractivity contribution in [1.29, 1.82) is 0 Å². The number of hydrogen-bond donors (Lipinski definition) is 3. The maximum absolute atomic E-state index is 12.7. The number of nitrogens with zero attached hydrogens (tertiary/aromatic N) is 3. The average Bonchev–Trinajstić information content (AvgIpc) is 3.24. The number of aromatic nitrogens is 1. The first-order valence-electron chi connectivity index (χ1n) is 9.90. The molecule has 7 heteroatoms. The van der Waals surface area contributed by atoms with Crippen LogP contribution in [0.25, 0.3) is 0 Å². The summed E-state index contributed by atoms with van der Waals surface area (Å²) in [6.45, 7) is 5.24. The number of benzene rings is 1. The summed E-state index contributed by atoms with van der Waals surface area (Å²) in [7, 11) is 2.15. The molecule has 148 valence electrons. The van der Waals surface area contributed by atoms with E-state index in [4.69, 9.17) is 0 Å². The molecule has 2 unspecified atom stereocenters. The van der Waals surface area contributed by atoms with Gasteiger partial charge >= 0.3 is 0 Å². The minimum Gasteiger partial charge on any atom is -0.354 e. The fourth-order valence-electron chi connectivity index (χ4n) is 3.78. The number of pyridine rings is 1. The molecule has 7 nitrogen and oxygen atoms in total. The monoisotopic (exact) mass is 380 g/mol. The van der Waals surface area contributed by atoms with Crippen LogP contribution in [-0.2, 0) is 11.3 Å². The number of piperazine rings is 1. The maximum Gasteiger partial charge on any atom is 0.226 e. The third kappa shape index (κ3) is 4.32. The van der Waals surface area contributed by atoms with Gasteiger partial charge in [0, 0.05) is 45.5 Å². The van der Waals surface area contributed by atoms with Gasteiger partial charge < -0.3 is 15.1 Å². The van der Waals surface area contributed by atoms with Gasteiger partial charge in [-0.3, -0.25) is 10.2 Å². The maximum atomic E-state index is 12.7. The highest BCUT2D eigenvalue weighted by Gasteiger charge is 2.33. The highest BCUT2D eigenvalue weighted by atomic mass is 16.2. The van der Waals surface area contributed by atoms with Crippen LogP contribution in [0.15, 0.2) is 48.7 Å². The molecule has 2 aliphatic rings. The van der Waals surface area contributed by atoms with Gasteiger partial charge in [-0.1, -0.05) is 36.4 Å². The van der Waals surface area contributed by atoms with Crippen LogP contribution in [0.5, 0.6) is 0 Å². The highest BCUT2D eigenvalue weighted by Crippen LogP contribution is 2.24. The number of carbonyl (C=O) groups excluding carboxylic acids is 1. The quantitative estimate of drug-likeness (QED) is 0.716. The van der Waals surface area contributed by atoms with Crippen LogP contribution in [-0.4, -0.2) is 55.6 Å². The Morgan fingerprint density at radius 2 is 1.93 bits per heavy atom. The zero-order chi connectivity index (χ0) is 19.3. The van der Waals surface area contributed by atoms with Gasteiger partial charge in [0.15, 0.2) is 0 Å². The lowest BCUT2D eigenvalue weighted by molar-refractivity contribution is -0.125. The van der Waals surface area contributed by atoms with Gasteiger partial charge in [-0.25, -0.2) is 10.4 Å². The van der Waals surface area contributed by atoms with E-state index in [1.165, 1.54) is 0 Å². The first-order chi connectivity index (χ1) is 13.7. The molecule has 2 saturated heterocycles. The molecular weight excluding hydrogens is 352 g/mol. The molecule has 1 aromatic carbocycles. The fraction of sp³-hybridized carbons (Fsp3) is 0.429. The molecule has 2 fully saturated rings. The second-order valence-corrected chi connectivity index (χ2v) is 7.55. The van der Waals surface area contributed by atoms with Crippen LogP contribution in [0.1, 0.15) is 17.2 Å². The van der Waals surface area contributed by atoms with Gasteiger partial charge in [0.05, 0.1) is 12.0 Å². The van der Waals surface area contributed by atoms with E-state index in [9.17, 15) is 4.79 Å². The molecule has 2 aromatic rings. The van der Waals surface area contributed by atoms with Crippen LogP contribution < -0.4 is 21.1 Å². The number of hydrogen-bond acceptors (Lipinski definition) is 6. The molecule has 2 aliphatic heterocycles. The van der Waals surface area contributed by atoms with E-state index in [-0.39, 0.29) is 17.9 Å². The van der Waals surface area contributed by atoms with E-state index in [0.717, 1.165) is 43.1 Å². The lowest BCUT2D eigenvalue weighted by atomic mass is 9.94. The van der Waals surface area contributed by atoms with Crippen molar-refractivity contribution in [2.24, 2.45) is 5.92 Å². The first-order valence-corrected chi connectivity index (χ1v) is 9.90. The van der Waals surface area contributed by atoms with Crippen molar-refractivity contribution in [2.75, 3.05) is 44.7 Å². The standard InChI is InChI=1S/C21H28N6O/c1-26-9-11-27(12-10-26)19-8-7-16(13-22-19)14-23-21(28)18-15-24-25-20(18)17-5-3-2-4-6-17/h2-8,13,18,20,24-25H,9-12,14-15H2,1H3,(H,23,28). The Kier molecular flexibility index (Phi) is 5.85. The number of anilines is 1. The number of rotatable bonds is 5. The van der Waals surface area contributed by atoms with Crippen molar-refractivity contribution >= 4 is 11.7 Å². The number of hydrazine groups is 1. The van der Waals surface area contributed by atoms with E-state index < -0.39 is 0 Å². The summed E-state index contributed by atoms with van der Waals surface area (Å²) in [5, 5.41) is 3.07. The van der Waals surface area contributed by atoms with Gasteiger partial charge in [0.2, 0.25) is 5.91 Å². The molecule has 1 amide bonds. The molecule has 3 heterocycles. The lowest BCUT2D eigenvalue weighted by Gasteiger charge is -2.33.